The first-order valence-electron chi connectivity index (χ1n) is 4.29. The summed E-state index contributed by atoms with van der Waals surface area (Å²) in [6, 6.07) is 0. The molecule has 0 aliphatic carbocycles. The van der Waals surface area contributed by atoms with E-state index in [1.54, 1.807) is 7.11 Å². The fraction of sp³-hybridized carbons (Fsp3) is 0.375. The molecule has 80 valence electrons. The summed E-state index contributed by atoms with van der Waals surface area (Å²) in [7, 11) is 1.58. The standard InChI is InChI=1S/C8H10N4O2S/c1-4-7(15-8(10-4)13-2)6-5(3-9)11-14-12-6/h3,9H2,1-2H3. The van der Waals surface area contributed by atoms with Gasteiger partial charge in [-0.2, -0.15) is 0 Å². The summed E-state index contributed by atoms with van der Waals surface area (Å²) in [6.45, 7) is 2.17. The number of hydrogen-bond acceptors (Lipinski definition) is 7. The van der Waals surface area contributed by atoms with Gasteiger partial charge in [-0.15, -0.1) is 0 Å². The van der Waals surface area contributed by atoms with Crippen LogP contribution in [0.5, 0.6) is 5.19 Å². The van der Waals surface area contributed by atoms with Crippen molar-refractivity contribution in [3.8, 4) is 15.8 Å². The number of nitrogens with two attached hydrogens (primary N) is 1. The van der Waals surface area contributed by atoms with Crippen LogP contribution in [-0.2, 0) is 6.54 Å². The molecular formula is C8H10N4O2S. The van der Waals surface area contributed by atoms with Crippen LogP contribution in [0, 0.1) is 6.92 Å². The number of nitrogens with zero attached hydrogens (tertiary/aromatic N) is 3. The molecule has 15 heavy (non-hydrogen) atoms. The summed E-state index contributed by atoms with van der Waals surface area (Å²) in [5, 5.41) is 8.12. The second-order valence-electron chi connectivity index (χ2n) is 2.86. The Labute approximate surface area is 90.0 Å². The molecule has 2 aromatic heterocycles. The molecule has 0 aliphatic rings. The highest BCUT2D eigenvalue weighted by atomic mass is 32.1. The van der Waals surface area contributed by atoms with Crippen molar-refractivity contribution in [1.82, 2.24) is 15.3 Å². The molecule has 0 saturated heterocycles. The zero-order valence-corrected chi connectivity index (χ0v) is 9.17. The molecular weight excluding hydrogens is 216 g/mol. The molecule has 2 aromatic rings. The van der Waals surface area contributed by atoms with Crippen LogP contribution in [0.4, 0.5) is 0 Å². The van der Waals surface area contributed by atoms with E-state index in [1.165, 1.54) is 11.3 Å². The fourth-order valence-electron chi connectivity index (χ4n) is 1.19. The molecule has 2 rings (SSSR count). The van der Waals surface area contributed by atoms with Crippen LogP contribution in [0.3, 0.4) is 0 Å². The first-order chi connectivity index (χ1) is 7.26. The maximum atomic E-state index is 5.51. The molecule has 2 heterocycles. The summed E-state index contributed by atoms with van der Waals surface area (Å²) in [5.74, 6) is 0. The highest BCUT2D eigenvalue weighted by Crippen LogP contribution is 2.33. The lowest BCUT2D eigenvalue weighted by Crippen LogP contribution is -1.98. The summed E-state index contributed by atoms with van der Waals surface area (Å²) >= 11 is 1.40. The van der Waals surface area contributed by atoms with Crippen LogP contribution in [0.1, 0.15) is 11.4 Å². The molecule has 2 N–H and O–H groups in total. The predicted molar refractivity (Wildman–Crippen MR) is 54.6 cm³/mol. The van der Waals surface area contributed by atoms with Gasteiger partial charge in [0.2, 0.25) is 0 Å². The minimum Gasteiger partial charge on any atom is -0.473 e. The quantitative estimate of drug-likeness (QED) is 0.839. The molecule has 0 bridgehead atoms. The van der Waals surface area contributed by atoms with Crippen molar-refractivity contribution in [2.45, 2.75) is 13.5 Å². The van der Waals surface area contributed by atoms with Gasteiger partial charge in [-0.3, -0.25) is 0 Å². The van der Waals surface area contributed by atoms with Crippen molar-refractivity contribution >= 4 is 11.3 Å². The topological polar surface area (TPSA) is 87.1 Å². The Bertz CT molecular complexity index is 465. The number of aromatic nitrogens is 3. The van der Waals surface area contributed by atoms with E-state index in [-0.39, 0.29) is 0 Å². The van der Waals surface area contributed by atoms with Crippen molar-refractivity contribution in [1.29, 1.82) is 0 Å². The van der Waals surface area contributed by atoms with E-state index in [2.05, 4.69) is 19.9 Å². The monoisotopic (exact) mass is 226 g/mol. The minimum atomic E-state index is 0.290. The molecule has 0 fully saturated rings. The third-order valence-electron chi connectivity index (χ3n) is 1.92. The van der Waals surface area contributed by atoms with Crippen LogP contribution < -0.4 is 10.5 Å². The lowest BCUT2D eigenvalue weighted by Gasteiger charge is -1.92. The van der Waals surface area contributed by atoms with Gasteiger partial charge in [0, 0.05) is 6.54 Å². The van der Waals surface area contributed by atoms with Crippen LogP contribution in [-0.4, -0.2) is 22.4 Å². The highest BCUT2D eigenvalue weighted by molar-refractivity contribution is 7.17. The van der Waals surface area contributed by atoms with Crippen molar-refractivity contribution in [2.24, 2.45) is 5.73 Å². The van der Waals surface area contributed by atoms with Crippen LogP contribution in [0.2, 0.25) is 0 Å². The van der Waals surface area contributed by atoms with Crippen LogP contribution in [0.15, 0.2) is 4.63 Å². The number of hydrogen-bond donors (Lipinski definition) is 1. The lowest BCUT2D eigenvalue weighted by atomic mass is 10.2. The molecule has 7 heteroatoms. The van der Waals surface area contributed by atoms with Crippen LogP contribution in [0.25, 0.3) is 10.6 Å². The molecule has 0 aliphatic heterocycles. The van der Waals surface area contributed by atoms with E-state index in [9.17, 15) is 0 Å². The average molecular weight is 226 g/mol. The third-order valence-corrected chi connectivity index (χ3v) is 3.04. The Hall–Kier alpha value is -1.47. The Morgan fingerprint density at radius 2 is 2.27 bits per heavy atom. The Kier molecular flexibility index (Phi) is 2.65. The number of ether oxygens (including phenoxy) is 1. The number of thiazole rings is 1. The zero-order chi connectivity index (χ0) is 10.8. The van der Waals surface area contributed by atoms with Gasteiger partial charge in [-0.1, -0.05) is 16.5 Å². The van der Waals surface area contributed by atoms with Gasteiger partial charge in [0.15, 0.2) is 5.69 Å². The van der Waals surface area contributed by atoms with E-state index in [1.807, 2.05) is 6.92 Å². The van der Waals surface area contributed by atoms with Gasteiger partial charge in [-0.05, 0) is 12.1 Å². The second kappa shape index (κ2) is 3.95. The second-order valence-corrected chi connectivity index (χ2v) is 3.82. The molecule has 0 amide bonds. The van der Waals surface area contributed by atoms with Gasteiger partial charge in [-0.25, -0.2) is 9.61 Å². The molecule has 0 unspecified atom stereocenters. The SMILES string of the molecule is COc1nc(C)c(-c2nonc2CN)s1. The smallest absolute Gasteiger partial charge is 0.273 e. The van der Waals surface area contributed by atoms with E-state index in [0.717, 1.165) is 10.6 Å². The average Bonchev–Trinajstić information content (AvgIpc) is 2.82. The fourth-order valence-corrected chi connectivity index (χ4v) is 2.08. The molecule has 0 aromatic carbocycles. The molecule has 0 radical (unpaired) electrons. The van der Waals surface area contributed by atoms with Gasteiger partial charge < -0.3 is 10.5 Å². The summed E-state index contributed by atoms with van der Waals surface area (Å²) < 4.78 is 9.69. The number of methoxy groups -OCH3 is 1. The Morgan fingerprint density at radius 3 is 2.87 bits per heavy atom. The minimum absolute atomic E-state index is 0.290. The van der Waals surface area contributed by atoms with E-state index in [4.69, 9.17) is 10.5 Å². The normalized spacial score (nSPS) is 10.6. The van der Waals surface area contributed by atoms with Gasteiger partial charge >= 0.3 is 0 Å². The zero-order valence-electron chi connectivity index (χ0n) is 8.35. The maximum absolute atomic E-state index is 5.51. The molecule has 0 spiro atoms. The van der Waals surface area contributed by atoms with E-state index in [0.29, 0.717) is 23.1 Å². The van der Waals surface area contributed by atoms with Crippen molar-refractivity contribution in [3.63, 3.8) is 0 Å². The lowest BCUT2D eigenvalue weighted by molar-refractivity contribution is 0.304. The first-order valence-corrected chi connectivity index (χ1v) is 5.11. The van der Waals surface area contributed by atoms with Crippen molar-refractivity contribution in [3.05, 3.63) is 11.4 Å². The van der Waals surface area contributed by atoms with Gasteiger partial charge in [0.05, 0.1) is 17.7 Å². The summed E-state index contributed by atoms with van der Waals surface area (Å²) in [5.41, 5.74) is 7.63. The van der Waals surface area contributed by atoms with Crippen molar-refractivity contribution in [2.75, 3.05) is 7.11 Å². The highest BCUT2D eigenvalue weighted by Gasteiger charge is 2.17. The summed E-state index contributed by atoms with van der Waals surface area (Å²) in [6.07, 6.45) is 0. The Balaban J connectivity index is 2.48. The van der Waals surface area contributed by atoms with E-state index < -0.39 is 0 Å². The molecule has 6 nitrogen and oxygen atoms in total. The molecule has 0 saturated carbocycles. The van der Waals surface area contributed by atoms with Crippen LogP contribution >= 0.6 is 11.3 Å². The third kappa shape index (κ3) is 1.71. The van der Waals surface area contributed by atoms with Crippen molar-refractivity contribution < 1.29 is 9.37 Å². The largest absolute Gasteiger partial charge is 0.473 e. The maximum Gasteiger partial charge on any atom is 0.273 e. The molecule has 0 atom stereocenters. The summed E-state index contributed by atoms with van der Waals surface area (Å²) in [4.78, 5) is 5.09. The van der Waals surface area contributed by atoms with Gasteiger partial charge in [0.1, 0.15) is 5.69 Å². The number of rotatable bonds is 3. The van der Waals surface area contributed by atoms with E-state index >= 15 is 0 Å². The number of aryl methyl sites for hydroxylation is 1. The first kappa shape index (κ1) is 10.1. The Morgan fingerprint density at radius 1 is 1.47 bits per heavy atom. The van der Waals surface area contributed by atoms with Gasteiger partial charge in [0.25, 0.3) is 5.19 Å². The predicted octanol–water partition coefficient (Wildman–Crippen LogP) is 0.969.